The molecule has 42 heavy (non-hydrogen) atoms. The lowest BCUT2D eigenvalue weighted by molar-refractivity contribution is -0.106. The lowest BCUT2D eigenvalue weighted by Crippen LogP contribution is -2.69. The summed E-state index contributed by atoms with van der Waals surface area (Å²) in [7, 11) is 1.82. The van der Waals surface area contributed by atoms with Crippen molar-refractivity contribution in [3.05, 3.63) is 89.0 Å². The third-order valence-corrected chi connectivity index (χ3v) is 12.6. The third kappa shape index (κ3) is 3.54. The van der Waals surface area contributed by atoms with Crippen LogP contribution >= 0.6 is 0 Å². The number of hydrogen-bond acceptors (Lipinski definition) is 4. The maximum absolute atomic E-state index is 6.97. The SMILES string of the molecule is COc1ccc2c(c1Oc1ccc(C)cc1)C13CCN(CC4CC4)C(C2)C12CCC1C3[C@@H](CN1Cc1ccccc1)C2. The Hall–Kier alpha value is -2.82. The van der Waals surface area contributed by atoms with E-state index in [0.29, 0.717) is 23.4 Å². The van der Waals surface area contributed by atoms with Crippen molar-refractivity contribution in [3.63, 3.8) is 0 Å². The number of methoxy groups -OCH3 is 1. The monoisotopic (exact) mass is 560 g/mol. The maximum atomic E-state index is 6.97. The first-order chi connectivity index (χ1) is 20.6. The van der Waals surface area contributed by atoms with Gasteiger partial charge in [-0.15, -0.1) is 0 Å². The first-order valence-corrected chi connectivity index (χ1v) is 16.6. The van der Waals surface area contributed by atoms with Crippen molar-refractivity contribution in [2.24, 2.45) is 23.2 Å². The minimum atomic E-state index is 0.152. The van der Waals surface area contributed by atoms with Gasteiger partial charge in [0.15, 0.2) is 11.5 Å². The molecule has 0 spiro atoms. The van der Waals surface area contributed by atoms with Crippen LogP contribution in [0.3, 0.4) is 0 Å². The number of ether oxygens (including phenoxy) is 2. The molecule has 5 unspecified atom stereocenters. The zero-order chi connectivity index (χ0) is 28.1. The molecule has 218 valence electrons. The molecule has 6 aliphatic rings. The maximum Gasteiger partial charge on any atom is 0.173 e. The molecule has 2 saturated heterocycles. The third-order valence-electron chi connectivity index (χ3n) is 12.6. The summed E-state index contributed by atoms with van der Waals surface area (Å²) in [5.41, 5.74) is 6.27. The Bertz CT molecular complexity index is 1500. The molecule has 2 aliphatic heterocycles. The number of likely N-dealkylation sites (tertiary alicyclic amines) is 2. The van der Waals surface area contributed by atoms with E-state index in [1.54, 1.807) is 0 Å². The van der Waals surface area contributed by atoms with Crippen molar-refractivity contribution in [1.82, 2.24) is 9.80 Å². The molecule has 0 N–H and O–H groups in total. The fourth-order valence-electron chi connectivity index (χ4n) is 11.1. The number of rotatable bonds is 7. The van der Waals surface area contributed by atoms with Crippen LogP contribution in [0.5, 0.6) is 17.2 Å². The van der Waals surface area contributed by atoms with Crippen LogP contribution in [0.2, 0.25) is 0 Å². The Labute approximate surface area is 251 Å². The van der Waals surface area contributed by atoms with Crippen LogP contribution < -0.4 is 9.47 Å². The lowest BCUT2D eigenvalue weighted by Gasteiger charge is -2.66. The standard InChI is InChI=1S/C38H44N2O2/c1-25-8-13-30(14-9-25)42-36-32(41-2)15-12-28-20-33-37-17-16-31-34(29(21-37)24-40(31)23-26-6-4-3-5-7-26)38(37,35(28)36)18-19-39(33)22-27-10-11-27/h3-9,12-15,27,29,31,33-34H,10-11,16-24H2,1-2H3/t29-,31?,33?,34?,37?,38?/m1/s1. The van der Waals surface area contributed by atoms with E-state index in [0.717, 1.165) is 42.0 Å². The number of benzene rings is 3. The molecule has 2 heterocycles. The molecular formula is C38H44N2O2. The number of hydrogen-bond donors (Lipinski definition) is 0. The van der Waals surface area contributed by atoms with E-state index in [9.17, 15) is 0 Å². The summed E-state index contributed by atoms with van der Waals surface area (Å²) in [6.45, 7) is 7.02. The number of nitrogens with zero attached hydrogens (tertiary/aromatic N) is 2. The summed E-state index contributed by atoms with van der Waals surface area (Å²) in [5, 5.41) is 0. The van der Waals surface area contributed by atoms with Gasteiger partial charge in [-0.05, 0) is 111 Å². The van der Waals surface area contributed by atoms with Crippen LogP contribution in [-0.4, -0.2) is 48.6 Å². The smallest absolute Gasteiger partial charge is 0.173 e. The highest BCUT2D eigenvalue weighted by atomic mass is 16.5. The summed E-state index contributed by atoms with van der Waals surface area (Å²) >= 11 is 0. The minimum Gasteiger partial charge on any atom is -0.493 e. The van der Waals surface area contributed by atoms with E-state index in [2.05, 4.69) is 83.5 Å². The van der Waals surface area contributed by atoms with Gasteiger partial charge in [0.05, 0.1) is 7.11 Å². The summed E-state index contributed by atoms with van der Waals surface area (Å²) in [6, 6.07) is 25.7. The molecule has 4 nitrogen and oxygen atoms in total. The van der Waals surface area contributed by atoms with Gasteiger partial charge in [-0.2, -0.15) is 0 Å². The van der Waals surface area contributed by atoms with Gasteiger partial charge < -0.3 is 9.47 Å². The lowest BCUT2D eigenvalue weighted by atomic mass is 9.43. The van der Waals surface area contributed by atoms with E-state index in [1.165, 1.54) is 80.4 Å². The molecule has 3 saturated carbocycles. The summed E-state index contributed by atoms with van der Waals surface area (Å²) < 4.78 is 13.1. The molecule has 4 bridgehead atoms. The zero-order valence-corrected chi connectivity index (χ0v) is 25.2. The van der Waals surface area contributed by atoms with Crippen LogP contribution in [0.15, 0.2) is 66.7 Å². The highest BCUT2D eigenvalue weighted by molar-refractivity contribution is 5.61. The molecule has 3 aromatic carbocycles. The van der Waals surface area contributed by atoms with E-state index in [1.807, 2.05) is 7.11 Å². The summed E-state index contributed by atoms with van der Waals surface area (Å²) in [5.74, 6) is 5.21. The largest absolute Gasteiger partial charge is 0.493 e. The van der Waals surface area contributed by atoms with Gasteiger partial charge in [0, 0.05) is 42.7 Å². The highest BCUT2D eigenvalue weighted by Gasteiger charge is 2.76. The highest BCUT2D eigenvalue weighted by Crippen LogP contribution is 2.77. The predicted octanol–water partition coefficient (Wildman–Crippen LogP) is 7.37. The first kappa shape index (κ1) is 25.7. The number of aryl methyl sites for hydroxylation is 1. The van der Waals surface area contributed by atoms with Crippen LogP contribution in [0.25, 0.3) is 0 Å². The van der Waals surface area contributed by atoms with Gasteiger partial charge in [-0.25, -0.2) is 0 Å². The van der Waals surface area contributed by atoms with Crippen molar-refractivity contribution in [1.29, 1.82) is 0 Å². The average Bonchev–Trinajstić information content (AvgIpc) is 3.72. The van der Waals surface area contributed by atoms with Crippen molar-refractivity contribution in [3.8, 4) is 17.2 Å². The van der Waals surface area contributed by atoms with E-state index >= 15 is 0 Å². The van der Waals surface area contributed by atoms with Gasteiger partial charge in [0.2, 0.25) is 0 Å². The average molecular weight is 561 g/mol. The summed E-state index contributed by atoms with van der Waals surface area (Å²) in [6.07, 6.45) is 9.37. The predicted molar refractivity (Wildman–Crippen MR) is 166 cm³/mol. The normalized spacial score (nSPS) is 34.6. The van der Waals surface area contributed by atoms with Crippen molar-refractivity contribution in [2.45, 2.75) is 75.9 Å². The molecule has 4 heteroatoms. The van der Waals surface area contributed by atoms with E-state index in [4.69, 9.17) is 9.47 Å². The second kappa shape index (κ2) is 9.34. The number of piperidine rings is 1. The summed E-state index contributed by atoms with van der Waals surface area (Å²) in [4.78, 5) is 5.86. The van der Waals surface area contributed by atoms with Crippen molar-refractivity contribution in [2.75, 3.05) is 26.7 Å². The molecule has 0 aromatic heterocycles. The fraction of sp³-hybridized carbons (Fsp3) is 0.526. The van der Waals surface area contributed by atoms with Gasteiger partial charge in [-0.3, -0.25) is 9.80 Å². The molecular weight excluding hydrogens is 516 g/mol. The van der Waals surface area contributed by atoms with Crippen LogP contribution in [0, 0.1) is 30.1 Å². The minimum absolute atomic E-state index is 0.152. The van der Waals surface area contributed by atoms with Crippen LogP contribution in [-0.2, 0) is 18.4 Å². The first-order valence-electron chi connectivity index (χ1n) is 16.6. The Morgan fingerprint density at radius 2 is 1.74 bits per heavy atom. The fourth-order valence-corrected chi connectivity index (χ4v) is 11.1. The van der Waals surface area contributed by atoms with E-state index in [-0.39, 0.29) is 5.41 Å². The number of fused-ring (bicyclic) bond motifs is 1. The van der Waals surface area contributed by atoms with Crippen molar-refractivity contribution >= 4 is 0 Å². The Morgan fingerprint density at radius 3 is 2.52 bits per heavy atom. The van der Waals surface area contributed by atoms with Gasteiger partial charge >= 0.3 is 0 Å². The Balaban J connectivity index is 1.20. The molecule has 9 rings (SSSR count). The second-order valence-electron chi connectivity index (χ2n) is 14.6. The molecule has 6 atom stereocenters. The molecule has 4 aliphatic carbocycles. The Morgan fingerprint density at radius 1 is 0.905 bits per heavy atom. The van der Waals surface area contributed by atoms with Gasteiger partial charge in [0.25, 0.3) is 0 Å². The Kier molecular flexibility index (Phi) is 5.70. The van der Waals surface area contributed by atoms with Crippen LogP contribution in [0.4, 0.5) is 0 Å². The van der Waals surface area contributed by atoms with Crippen molar-refractivity contribution < 1.29 is 9.47 Å². The second-order valence-corrected chi connectivity index (χ2v) is 14.6. The molecule has 0 radical (unpaired) electrons. The molecule has 5 fully saturated rings. The topological polar surface area (TPSA) is 24.9 Å². The van der Waals surface area contributed by atoms with Gasteiger partial charge in [-0.1, -0.05) is 54.1 Å². The quantitative estimate of drug-likeness (QED) is 0.301. The van der Waals surface area contributed by atoms with Gasteiger partial charge in [0.1, 0.15) is 5.75 Å². The zero-order valence-electron chi connectivity index (χ0n) is 25.2. The molecule has 0 amide bonds. The molecule has 3 aromatic rings. The van der Waals surface area contributed by atoms with Crippen LogP contribution in [0.1, 0.15) is 60.8 Å². The van der Waals surface area contributed by atoms with E-state index < -0.39 is 0 Å².